The van der Waals surface area contributed by atoms with Gasteiger partial charge in [0.1, 0.15) is 0 Å². The fourth-order valence-electron chi connectivity index (χ4n) is 0.856. The third-order valence-corrected chi connectivity index (χ3v) is 1.33. The van der Waals surface area contributed by atoms with E-state index in [1.807, 2.05) is 6.92 Å². The van der Waals surface area contributed by atoms with Crippen molar-refractivity contribution in [1.29, 1.82) is 0 Å². The zero-order valence-corrected chi connectivity index (χ0v) is 11.4. The van der Waals surface area contributed by atoms with Crippen LogP contribution in [0.5, 0.6) is 0 Å². The van der Waals surface area contributed by atoms with E-state index < -0.39 is 7.25 Å². The summed E-state index contributed by atoms with van der Waals surface area (Å²) in [6.07, 6.45) is 15.8. The van der Waals surface area contributed by atoms with Crippen molar-refractivity contribution < 1.29 is 37.7 Å². The van der Waals surface area contributed by atoms with Gasteiger partial charge in [0, 0.05) is 20.4 Å². The third-order valence-electron chi connectivity index (χ3n) is 1.33. The third kappa shape index (κ3) is 48.1. The first-order valence-corrected chi connectivity index (χ1v) is 5.16. The summed E-state index contributed by atoms with van der Waals surface area (Å²) in [5.74, 6) is 0. The molecular weight excluding hydrogens is 325 g/mol. The average Bonchev–Trinajstić information content (AvgIpc) is 1.99. The Balaban J connectivity index is -0.000000191. The average molecular weight is 343 g/mol. The van der Waals surface area contributed by atoms with Gasteiger partial charge in [-0.25, -0.2) is 0 Å². The number of rotatable bonds is 0. The fourth-order valence-corrected chi connectivity index (χ4v) is 0.856. The molecule has 0 spiro atoms. The molecule has 0 aromatic rings. The van der Waals surface area contributed by atoms with Gasteiger partial charge in [0.05, 0.1) is 0 Å². The molecule has 0 saturated heterocycles. The van der Waals surface area contributed by atoms with Crippen LogP contribution in [-0.2, 0) is 20.4 Å². The molecule has 1 saturated carbocycles. The summed E-state index contributed by atoms with van der Waals surface area (Å²) in [7, 11) is -6.00. The Bertz CT molecular complexity index is 101. The molecule has 0 N–H and O–H groups in total. The van der Waals surface area contributed by atoms with Crippen molar-refractivity contribution in [2.75, 3.05) is 0 Å². The zero-order chi connectivity index (χ0) is 12.9. The van der Waals surface area contributed by atoms with Crippen molar-refractivity contribution >= 4 is 7.25 Å². The van der Waals surface area contributed by atoms with Crippen LogP contribution in [0.3, 0.4) is 0 Å². The molecule has 0 aromatic carbocycles. The number of halogens is 4. The van der Waals surface area contributed by atoms with E-state index in [0.717, 1.165) is 0 Å². The van der Waals surface area contributed by atoms with E-state index in [1.165, 1.54) is 25.7 Å². The first kappa shape index (κ1) is 22.6. The van der Waals surface area contributed by atoms with Crippen LogP contribution in [0.4, 0.5) is 17.3 Å². The van der Waals surface area contributed by atoms with Crippen LogP contribution in [0.2, 0.25) is 0 Å². The van der Waals surface area contributed by atoms with Gasteiger partial charge in [-0.15, -0.1) is 0 Å². The molecule has 6 heteroatoms. The van der Waals surface area contributed by atoms with Crippen molar-refractivity contribution in [2.24, 2.45) is 0 Å². The van der Waals surface area contributed by atoms with Crippen molar-refractivity contribution in [3.05, 3.63) is 39.0 Å². The van der Waals surface area contributed by atoms with Crippen LogP contribution < -0.4 is 0 Å². The van der Waals surface area contributed by atoms with Gasteiger partial charge in [-0.2, -0.15) is 0 Å². The van der Waals surface area contributed by atoms with Crippen LogP contribution in [0.15, 0.2) is 0 Å². The second-order valence-corrected chi connectivity index (χ2v) is 3.00. The summed E-state index contributed by atoms with van der Waals surface area (Å²) < 4.78 is 39.0. The summed E-state index contributed by atoms with van der Waals surface area (Å²) in [4.78, 5) is 0. The molecule has 1 rings (SSSR count). The van der Waals surface area contributed by atoms with Gasteiger partial charge in [0.25, 0.3) is 0 Å². The van der Waals surface area contributed by atoms with Crippen LogP contribution >= 0.6 is 0 Å². The predicted octanol–water partition coefficient (Wildman–Crippen LogP) is 4.72. The summed E-state index contributed by atoms with van der Waals surface area (Å²) in [6.45, 7) is 5.25. The van der Waals surface area contributed by atoms with Crippen LogP contribution in [-0.4, -0.2) is 7.25 Å². The second kappa shape index (κ2) is 16.4. The van der Waals surface area contributed by atoms with Crippen LogP contribution in [0.25, 0.3) is 0 Å². The molecule has 1 aliphatic rings. The van der Waals surface area contributed by atoms with Gasteiger partial charge in [0.2, 0.25) is 0 Å². The Labute approximate surface area is 117 Å². The topological polar surface area (TPSA) is 0 Å². The quantitative estimate of drug-likeness (QED) is 0.441. The zero-order valence-electron chi connectivity index (χ0n) is 9.83. The summed E-state index contributed by atoms with van der Waals surface area (Å²) in [6, 6.07) is 0. The first-order chi connectivity index (χ1) is 7.41. The standard InChI is InChI=1S/C8H12.C3H6.BF4.Pd/c1-2-4-6-8-7-5-3-1;1-3-2;2-1(3,4)5;/h1-2,7-8H,3-6H2;3H,1H2,2H3;;/q;;-1;. The first-order valence-electron chi connectivity index (χ1n) is 5.16. The van der Waals surface area contributed by atoms with E-state index in [-0.39, 0.29) is 20.4 Å². The molecule has 0 aliphatic heterocycles. The van der Waals surface area contributed by atoms with E-state index in [9.17, 15) is 17.3 Å². The Morgan fingerprint density at radius 1 is 0.882 bits per heavy atom. The number of hydrogen-bond donors (Lipinski definition) is 0. The molecule has 1 aliphatic carbocycles. The molecule has 0 unspecified atom stereocenters. The molecule has 0 bridgehead atoms. The summed E-state index contributed by atoms with van der Waals surface area (Å²) >= 11 is 0. The maximum atomic E-state index is 9.75. The van der Waals surface area contributed by atoms with Gasteiger partial charge in [0.15, 0.2) is 0 Å². The molecule has 6 radical (unpaired) electrons. The van der Waals surface area contributed by atoms with Gasteiger partial charge >= 0.3 is 7.25 Å². The minimum Gasteiger partial charge on any atom is -0.418 e. The summed E-state index contributed by atoms with van der Waals surface area (Å²) in [5.41, 5.74) is 0. The van der Waals surface area contributed by atoms with Gasteiger partial charge in [-0.05, 0) is 57.8 Å². The molecule has 0 atom stereocenters. The minimum atomic E-state index is -6.00. The van der Waals surface area contributed by atoms with Gasteiger partial charge in [-0.3, -0.25) is 0 Å². The summed E-state index contributed by atoms with van der Waals surface area (Å²) in [5, 5.41) is 0. The second-order valence-electron chi connectivity index (χ2n) is 3.00. The normalized spacial score (nSPS) is 15.9. The van der Waals surface area contributed by atoms with E-state index in [2.05, 4.69) is 32.6 Å². The number of hydrogen-bond acceptors (Lipinski definition) is 0. The van der Waals surface area contributed by atoms with Crippen molar-refractivity contribution in [2.45, 2.75) is 32.6 Å². The maximum Gasteiger partial charge on any atom is 0.673 e. The largest absolute Gasteiger partial charge is 0.673 e. The van der Waals surface area contributed by atoms with Crippen molar-refractivity contribution in [3.8, 4) is 0 Å². The Hall–Kier alpha value is 0.447. The smallest absolute Gasteiger partial charge is 0.418 e. The maximum absolute atomic E-state index is 9.75. The Morgan fingerprint density at radius 3 is 1.12 bits per heavy atom. The molecule has 0 nitrogen and oxygen atoms in total. The molecule has 1 fully saturated rings. The SMILES string of the molecule is F[B-](F)(F)F.[CH2][CH]C.[CH]1[CH]CC[CH][CH]CC1.[Pd]. The Kier molecular flexibility index (Phi) is 21.9. The van der Waals surface area contributed by atoms with E-state index >= 15 is 0 Å². The van der Waals surface area contributed by atoms with Gasteiger partial charge in [-0.1, -0.05) is 13.8 Å². The van der Waals surface area contributed by atoms with E-state index in [1.54, 1.807) is 6.42 Å². The van der Waals surface area contributed by atoms with E-state index in [4.69, 9.17) is 0 Å². The van der Waals surface area contributed by atoms with Crippen LogP contribution in [0.1, 0.15) is 32.6 Å². The molecule has 104 valence electrons. The predicted molar refractivity (Wildman–Crippen MR) is 61.2 cm³/mol. The Morgan fingerprint density at radius 2 is 1.00 bits per heavy atom. The minimum absolute atomic E-state index is 0. The van der Waals surface area contributed by atoms with Crippen LogP contribution in [0, 0.1) is 39.0 Å². The van der Waals surface area contributed by atoms with Crippen molar-refractivity contribution in [1.82, 2.24) is 0 Å². The van der Waals surface area contributed by atoms with Crippen molar-refractivity contribution in [3.63, 3.8) is 0 Å². The van der Waals surface area contributed by atoms with Gasteiger partial charge < -0.3 is 17.3 Å². The molecule has 0 heterocycles. The molecule has 0 aromatic heterocycles. The van der Waals surface area contributed by atoms with E-state index in [0.29, 0.717) is 0 Å². The molecular formula is C11H18BF4Pd-. The fraction of sp³-hybridized carbons (Fsp3) is 0.455. The monoisotopic (exact) mass is 343 g/mol. The molecule has 0 amide bonds. The molecule has 17 heavy (non-hydrogen) atoms.